The molecule has 1 amide bonds. The maximum absolute atomic E-state index is 12.9. The molecule has 6 heteroatoms. The van der Waals surface area contributed by atoms with Crippen LogP contribution in [0.3, 0.4) is 0 Å². The van der Waals surface area contributed by atoms with Gasteiger partial charge in [-0.2, -0.15) is 0 Å². The van der Waals surface area contributed by atoms with Crippen LogP contribution in [-0.2, 0) is 4.79 Å². The Bertz CT molecular complexity index is 889. The van der Waals surface area contributed by atoms with Crippen molar-refractivity contribution in [3.63, 3.8) is 0 Å². The molecule has 1 aliphatic carbocycles. The van der Waals surface area contributed by atoms with Crippen LogP contribution in [0, 0.1) is 6.92 Å². The molecule has 0 aliphatic heterocycles. The van der Waals surface area contributed by atoms with Crippen LogP contribution in [0.2, 0.25) is 0 Å². The van der Waals surface area contributed by atoms with Gasteiger partial charge in [0.1, 0.15) is 5.25 Å². The van der Waals surface area contributed by atoms with E-state index in [0.29, 0.717) is 17.0 Å². The second-order valence-corrected chi connectivity index (χ2v) is 7.50. The van der Waals surface area contributed by atoms with Crippen LogP contribution in [0.4, 0.5) is 5.69 Å². The first kappa shape index (κ1) is 16.8. The smallest absolute Gasteiger partial charge is 0.277 e. The zero-order valence-corrected chi connectivity index (χ0v) is 15.2. The van der Waals surface area contributed by atoms with Crippen LogP contribution in [0.5, 0.6) is 0 Å². The Morgan fingerprint density at radius 3 is 2.54 bits per heavy atom. The van der Waals surface area contributed by atoms with Gasteiger partial charge in [0.05, 0.1) is 0 Å². The molecule has 1 saturated carbocycles. The number of aryl methyl sites for hydroxylation is 1. The molecular formula is C20H19N3O2S. The van der Waals surface area contributed by atoms with E-state index in [4.69, 9.17) is 4.42 Å². The standard InChI is InChI=1S/C20H19N3O2S/c1-13-7-11-16(12-8-13)21-18(24)17(14-5-3-2-4-6-14)26-20-23-22-19(25-20)15-9-10-15/h2-8,11-12,15,17H,9-10H2,1H3,(H,21,24)/t17-/m1/s1. The normalized spacial score (nSPS) is 14.8. The van der Waals surface area contributed by atoms with Crippen molar-refractivity contribution in [2.24, 2.45) is 0 Å². The Balaban J connectivity index is 1.55. The summed E-state index contributed by atoms with van der Waals surface area (Å²) in [6.45, 7) is 2.02. The van der Waals surface area contributed by atoms with E-state index < -0.39 is 5.25 Å². The summed E-state index contributed by atoms with van der Waals surface area (Å²) in [5.74, 6) is 0.961. The Morgan fingerprint density at radius 2 is 1.85 bits per heavy atom. The summed E-state index contributed by atoms with van der Waals surface area (Å²) >= 11 is 1.29. The third kappa shape index (κ3) is 3.96. The minimum absolute atomic E-state index is 0.115. The number of amides is 1. The second-order valence-electron chi connectivity index (χ2n) is 6.44. The highest BCUT2D eigenvalue weighted by Crippen LogP contribution is 2.42. The molecule has 2 aromatic carbocycles. The molecule has 1 heterocycles. The Kier molecular flexibility index (Phi) is 4.75. The van der Waals surface area contributed by atoms with Crippen molar-refractivity contribution in [3.8, 4) is 0 Å². The fraction of sp³-hybridized carbons (Fsp3) is 0.250. The highest BCUT2D eigenvalue weighted by Gasteiger charge is 2.31. The number of thioether (sulfide) groups is 1. The number of nitrogens with zero attached hydrogens (tertiary/aromatic N) is 2. The van der Waals surface area contributed by atoms with Gasteiger partial charge in [-0.05, 0) is 49.2 Å². The van der Waals surface area contributed by atoms with Gasteiger partial charge in [0.15, 0.2) is 0 Å². The first-order valence-electron chi connectivity index (χ1n) is 8.61. The van der Waals surface area contributed by atoms with Gasteiger partial charge >= 0.3 is 0 Å². The summed E-state index contributed by atoms with van der Waals surface area (Å²) in [6, 6.07) is 17.4. The number of carbonyl (C=O) groups excluding carboxylic acids is 1. The largest absolute Gasteiger partial charge is 0.416 e. The van der Waals surface area contributed by atoms with Gasteiger partial charge in [-0.3, -0.25) is 4.79 Å². The zero-order valence-electron chi connectivity index (χ0n) is 14.4. The van der Waals surface area contributed by atoms with E-state index in [1.807, 2.05) is 61.5 Å². The molecule has 1 N–H and O–H groups in total. The zero-order chi connectivity index (χ0) is 17.9. The molecule has 0 saturated heterocycles. The second kappa shape index (κ2) is 7.33. The fourth-order valence-electron chi connectivity index (χ4n) is 2.61. The third-order valence-electron chi connectivity index (χ3n) is 4.23. The van der Waals surface area contributed by atoms with Crippen LogP contribution in [0.25, 0.3) is 0 Å². The summed E-state index contributed by atoms with van der Waals surface area (Å²) in [4.78, 5) is 12.9. The maximum Gasteiger partial charge on any atom is 0.277 e. The van der Waals surface area contributed by atoms with Gasteiger partial charge in [-0.1, -0.05) is 48.0 Å². The number of nitrogens with one attached hydrogen (secondary N) is 1. The summed E-state index contributed by atoms with van der Waals surface area (Å²) in [5, 5.41) is 11.2. The number of anilines is 1. The van der Waals surface area contributed by atoms with E-state index in [2.05, 4.69) is 15.5 Å². The number of aromatic nitrogens is 2. The monoisotopic (exact) mass is 365 g/mol. The summed E-state index contributed by atoms with van der Waals surface area (Å²) in [5.41, 5.74) is 2.81. The van der Waals surface area contributed by atoms with Crippen molar-refractivity contribution >= 4 is 23.4 Å². The minimum Gasteiger partial charge on any atom is -0.416 e. The Morgan fingerprint density at radius 1 is 1.12 bits per heavy atom. The van der Waals surface area contributed by atoms with Crippen molar-refractivity contribution in [2.75, 3.05) is 5.32 Å². The maximum atomic E-state index is 12.9. The topological polar surface area (TPSA) is 68.0 Å². The molecule has 1 fully saturated rings. The average Bonchev–Trinajstić information content (AvgIpc) is 3.41. The first-order valence-corrected chi connectivity index (χ1v) is 9.49. The predicted molar refractivity (Wildman–Crippen MR) is 101 cm³/mol. The van der Waals surface area contributed by atoms with Crippen molar-refractivity contribution in [1.29, 1.82) is 0 Å². The van der Waals surface area contributed by atoms with E-state index in [-0.39, 0.29) is 5.91 Å². The summed E-state index contributed by atoms with van der Waals surface area (Å²) < 4.78 is 5.74. The Labute approximate surface area is 156 Å². The van der Waals surface area contributed by atoms with Crippen LogP contribution in [0.15, 0.2) is 64.2 Å². The lowest BCUT2D eigenvalue weighted by atomic mass is 10.1. The molecule has 0 unspecified atom stereocenters. The predicted octanol–water partition coefficient (Wildman–Crippen LogP) is 4.73. The van der Waals surface area contributed by atoms with Gasteiger partial charge in [0.25, 0.3) is 5.22 Å². The molecule has 4 rings (SSSR count). The number of rotatable bonds is 6. The number of carbonyl (C=O) groups is 1. The number of benzene rings is 2. The van der Waals surface area contributed by atoms with Crippen LogP contribution >= 0.6 is 11.8 Å². The molecule has 26 heavy (non-hydrogen) atoms. The average molecular weight is 365 g/mol. The lowest BCUT2D eigenvalue weighted by Crippen LogP contribution is -2.19. The molecule has 0 radical (unpaired) electrons. The lowest BCUT2D eigenvalue weighted by molar-refractivity contribution is -0.115. The van der Waals surface area contributed by atoms with Crippen LogP contribution in [0.1, 0.15) is 41.0 Å². The molecule has 1 atom stereocenters. The van der Waals surface area contributed by atoms with E-state index in [0.717, 1.165) is 29.7 Å². The van der Waals surface area contributed by atoms with Gasteiger partial charge in [-0.25, -0.2) is 0 Å². The first-order chi connectivity index (χ1) is 12.7. The minimum atomic E-state index is -0.468. The highest BCUT2D eigenvalue weighted by atomic mass is 32.2. The van der Waals surface area contributed by atoms with Crippen molar-refractivity contribution in [2.45, 2.75) is 36.2 Å². The molecule has 1 aliphatic rings. The molecule has 1 aromatic heterocycles. The van der Waals surface area contributed by atoms with Crippen LogP contribution < -0.4 is 5.32 Å². The highest BCUT2D eigenvalue weighted by molar-refractivity contribution is 8.00. The molecule has 5 nitrogen and oxygen atoms in total. The molecule has 0 spiro atoms. The summed E-state index contributed by atoms with van der Waals surface area (Å²) in [7, 11) is 0. The van der Waals surface area contributed by atoms with Gasteiger partial charge in [0.2, 0.25) is 11.8 Å². The van der Waals surface area contributed by atoms with Crippen molar-refractivity contribution in [1.82, 2.24) is 10.2 Å². The van der Waals surface area contributed by atoms with Crippen LogP contribution in [-0.4, -0.2) is 16.1 Å². The Hall–Kier alpha value is -2.60. The number of hydrogen-bond donors (Lipinski definition) is 1. The van der Waals surface area contributed by atoms with E-state index in [1.54, 1.807) is 0 Å². The molecular weight excluding hydrogens is 346 g/mol. The third-order valence-corrected chi connectivity index (χ3v) is 5.32. The quantitative estimate of drug-likeness (QED) is 0.640. The number of hydrogen-bond acceptors (Lipinski definition) is 5. The molecule has 132 valence electrons. The molecule has 3 aromatic rings. The summed E-state index contributed by atoms with van der Waals surface area (Å²) in [6.07, 6.45) is 2.20. The van der Waals surface area contributed by atoms with E-state index >= 15 is 0 Å². The van der Waals surface area contributed by atoms with Gasteiger partial charge in [-0.15, -0.1) is 10.2 Å². The van der Waals surface area contributed by atoms with Gasteiger partial charge in [0, 0.05) is 11.6 Å². The van der Waals surface area contributed by atoms with E-state index in [9.17, 15) is 4.79 Å². The lowest BCUT2D eigenvalue weighted by Gasteiger charge is -2.15. The van der Waals surface area contributed by atoms with Crippen molar-refractivity contribution < 1.29 is 9.21 Å². The molecule has 0 bridgehead atoms. The fourth-order valence-corrected chi connectivity index (χ4v) is 3.49. The SMILES string of the molecule is Cc1ccc(NC(=O)[C@H](Sc2nnc(C3CC3)o2)c2ccccc2)cc1. The van der Waals surface area contributed by atoms with E-state index in [1.165, 1.54) is 11.8 Å². The van der Waals surface area contributed by atoms with Crippen molar-refractivity contribution in [3.05, 3.63) is 71.6 Å². The van der Waals surface area contributed by atoms with Gasteiger partial charge < -0.3 is 9.73 Å².